The van der Waals surface area contributed by atoms with Gasteiger partial charge in [0.25, 0.3) is 0 Å². The highest BCUT2D eigenvalue weighted by molar-refractivity contribution is 5.80. The molecule has 0 bridgehead atoms. The SMILES string of the molecule is O=C(O)[C@H]1CCCN(C(=O)Cn2nnc3ccccc32)C1. The molecule has 2 aromatic rings. The van der Waals surface area contributed by atoms with E-state index in [0.29, 0.717) is 13.0 Å². The largest absolute Gasteiger partial charge is 0.481 e. The number of carbonyl (C=O) groups excluding carboxylic acids is 1. The van der Waals surface area contributed by atoms with E-state index < -0.39 is 11.9 Å². The van der Waals surface area contributed by atoms with Gasteiger partial charge in [0.2, 0.25) is 5.91 Å². The standard InChI is InChI=1S/C14H16N4O3/c19-13(17-7-3-4-10(8-17)14(20)21)9-18-12-6-2-1-5-11(12)15-16-18/h1-2,5-6,10H,3-4,7-9H2,(H,20,21)/t10-/m0/s1. The van der Waals surface area contributed by atoms with E-state index in [2.05, 4.69) is 10.3 Å². The van der Waals surface area contributed by atoms with E-state index in [4.69, 9.17) is 5.11 Å². The van der Waals surface area contributed by atoms with Crippen LogP contribution in [0.15, 0.2) is 24.3 Å². The quantitative estimate of drug-likeness (QED) is 0.900. The first-order valence-electron chi connectivity index (χ1n) is 6.94. The fraction of sp³-hybridized carbons (Fsp3) is 0.429. The van der Waals surface area contributed by atoms with Crippen LogP contribution in [0, 0.1) is 5.92 Å². The third-order valence-electron chi connectivity index (χ3n) is 3.83. The summed E-state index contributed by atoms with van der Waals surface area (Å²) in [6, 6.07) is 7.43. The van der Waals surface area contributed by atoms with E-state index >= 15 is 0 Å². The Morgan fingerprint density at radius 3 is 2.95 bits per heavy atom. The lowest BCUT2D eigenvalue weighted by Crippen LogP contribution is -2.43. The number of carboxylic acids is 1. The van der Waals surface area contributed by atoms with Crippen LogP contribution >= 0.6 is 0 Å². The summed E-state index contributed by atoms with van der Waals surface area (Å²) >= 11 is 0. The third-order valence-corrected chi connectivity index (χ3v) is 3.83. The molecule has 1 saturated heterocycles. The summed E-state index contributed by atoms with van der Waals surface area (Å²) in [5, 5.41) is 17.1. The third kappa shape index (κ3) is 2.72. The minimum absolute atomic E-state index is 0.0901. The van der Waals surface area contributed by atoms with Gasteiger partial charge in [-0.2, -0.15) is 0 Å². The van der Waals surface area contributed by atoms with E-state index in [1.165, 1.54) is 0 Å². The van der Waals surface area contributed by atoms with Crippen LogP contribution in [0.2, 0.25) is 0 Å². The topological polar surface area (TPSA) is 88.3 Å². The normalized spacial score (nSPS) is 18.9. The lowest BCUT2D eigenvalue weighted by molar-refractivity contribution is -0.145. The van der Waals surface area contributed by atoms with Crippen LogP contribution in [-0.2, 0) is 16.1 Å². The predicted octanol–water partition coefficient (Wildman–Crippen LogP) is 0.754. The van der Waals surface area contributed by atoms with Crippen LogP contribution < -0.4 is 0 Å². The Morgan fingerprint density at radius 2 is 2.14 bits per heavy atom. The van der Waals surface area contributed by atoms with E-state index in [1.807, 2.05) is 24.3 Å². The summed E-state index contributed by atoms with van der Waals surface area (Å²) in [5.41, 5.74) is 1.55. The highest BCUT2D eigenvalue weighted by Gasteiger charge is 2.28. The maximum absolute atomic E-state index is 12.3. The lowest BCUT2D eigenvalue weighted by atomic mass is 9.98. The number of fused-ring (bicyclic) bond motifs is 1. The first-order valence-corrected chi connectivity index (χ1v) is 6.94. The Bertz CT molecular complexity index is 682. The van der Waals surface area contributed by atoms with Crippen LogP contribution in [0.5, 0.6) is 0 Å². The summed E-state index contributed by atoms with van der Waals surface area (Å²) in [5.74, 6) is -1.41. The molecular weight excluding hydrogens is 272 g/mol. The molecule has 1 aromatic carbocycles. The van der Waals surface area contributed by atoms with Gasteiger partial charge in [-0.25, -0.2) is 4.68 Å². The van der Waals surface area contributed by atoms with Gasteiger partial charge in [-0.1, -0.05) is 17.3 Å². The maximum Gasteiger partial charge on any atom is 0.308 e. The molecule has 0 unspecified atom stereocenters. The molecule has 1 aliphatic rings. The molecule has 1 N–H and O–H groups in total. The zero-order valence-electron chi connectivity index (χ0n) is 11.5. The Balaban J connectivity index is 1.72. The molecule has 0 radical (unpaired) electrons. The second-order valence-electron chi connectivity index (χ2n) is 5.25. The summed E-state index contributed by atoms with van der Waals surface area (Å²) in [6.45, 7) is 0.975. The fourth-order valence-corrected chi connectivity index (χ4v) is 2.67. The number of piperidine rings is 1. The lowest BCUT2D eigenvalue weighted by Gasteiger charge is -2.30. The van der Waals surface area contributed by atoms with Gasteiger partial charge in [0, 0.05) is 13.1 Å². The molecule has 7 heteroatoms. The van der Waals surface area contributed by atoms with Gasteiger partial charge in [0.15, 0.2) is 0 Å². The fourth-order valence-electron chi connectivity index (χ4n) is 2.67. The van der Waals surface area contributed by atoms with Crippen molar-refractivity contribution in [1.29, 1.82) is 0 Å². The number of para-hydroxylation sites is 1. The predicted molar refractivity (Wildman–Crippen MR) is 74.5 cm³/mol. The molecule has 0 aliphatic carbocycles. The minimum Gasteiger partial charge on any atom is -0.481 e. The van der Waals surface area contributed by atoms with Gasteiger partial charge in [0.05, 0.1) is 11.4 Å². The number of rotatable bonds is 3. The van der Waals surface area contributed by atoms with Crippen molar-refractivity contribution >= 4 is 22.9 Å². The molecule has 0 saturated carbocycles. The average Bonchev–Trinajstić information content (AvgIpc) is 2.91. The van der Waals surface area contributed by atoms with Crippen LogP contribution in [0.3, 0.4) is 0 Å². The first kappa shape index (κ1) is 13.5. The average molecular weight is 288 g/mol. The molecule has 110 valence electrons. The number of hydrogen-bond acceptors (Lipinski definition) is 4. The van der Waals surface area contributed by atoms with Crippen molar-refractivity contribution in [2.24, 2.45) is 5.92 Å². The van der Waals surface area contributed by atoms with E-state index in [9.17, 15) is 9.59 Å². The molecule has 1 aromatic heterocycles. The highest BCUT2D eigenvalue weighted by Crippen LogP contribution is 2.17. The second kappa shape index (κ2) is 5.51. The summed E-state index contributed by atoms with van der Waals surface area (Å²) in [6.07, 6.45) is 1.35. The van der Waals surface area contributed by atoms with E-state index in [-0.39, 0.29) is 19.0 Å². The summed E-state index contributed by atoms with van der Waals surface area (Å²) < 4.78 is 1.56. The minimum atomic E-state index is -0.835. The van der Waals surface area contributed by atoms with Gasteiger partial charge < -0.3 is 10.0 Å². The number of likely N-dealkylation sites (tertiary alicyclic amines) is 1. The number of nitrogens with zero attached hydrogens (tertiary/aromatic N) is 4. The maximum atomic E-state index is 12.3. The van der Waals surface area contributed by atoms with Crippen molar-refractivity contribution in [1.82, 2.24) is 19.9 Å². The molecule has 1 atom stereocenters. The molecular formula is C14H16N4O3. The first-order chi connectivity index (χ1) is 10.1. The monoisotopic (exact) mass is 288 g/mol. The second-order valence-corrected chi connectivity index (χ2v) is 5.25. The van der Waals surface area contributed by atoms with E-state index in [1.54, 1.807) is 9.58 Å². The molecule has 1 aliphatic heterocycles. The van der Waals surface area contributed by atoms with Crippen molar-refractivity contribution in [3.8, 4) is 0 Å². The Kier molecular flexibility index (Phi) is 3.55. The smallest absolute Gasteiger partial charge is 0.308 e. The van der Waals surface area contributed by atoms with Gasteiger partial charge in [-0.15, -0.1) is 5.10 Å². The van der Waals surface area contributed by atoms with Gasteiger partial charge in [-0.3, -0.25) is 9.59 Å². The number of carbonyl (C=O) groups is 2. The number of amides is 1. The van der Waals surface area contributed by atoms with Crippen molar-refractivity contribution in [2.75, 3.05) is 13.1 Å². The van der Waals surface area contributed by atoms with Crippen LogP contribution in [0.1, 0.15) is 12.8 Å². The Labute approximate surface area is 121 Å². The molecule has 21 heavy (non-hydrogen) atoms. The number of hydrogen-bond donors (Lipinski definition) is 1. The molecule has 2 heterocycles. The van der Waals surface area contributed by atoms with Crippen molar-refractivity contribution in [3.05, 3.63) is 24.3 Å². The van der Waals surface area contributed by atoms with Crippen molar-refractivity contribution in [3.63, 3.8) is 0 Å². The molecule has 1 amide bonds. The highest BCUT2D eigenvalue weighted by atomic mass is 16.4. The van der Waals surface area contributed by atoms with Crippen LogP contribution in [0.25, 0.3) is 11.0 Å². The number of aromatic nitrogens is 3. The van der Waals surface area contributed by atoms with Gasteiger partial charge >= 0.3 is 5.97 Å². The van der Waals surface area contributed by atoms with E-state index in [0.717, 1.165) is 17.5 Å². The van der Waals surface area contributed by atoms with Gasteiger partial charge in [0.1, 0.15) is 12.1 Å². The number of benzene rings is 1. The zero-order valence-corrected chi connectivity index (χ0v) is 11.5. The summed E-state index contributed by atoms with van der Waals surface area (Å²) in [7, 11) is 0. The molecule has 0 spiro atoms. The van der Waals surface area contributed by atoms with Crippen molar-refractivity contribution < 1.29 is 14.7 Å². The zero-order chi connectivity index (χ0) is 14.8. The number of aliphatic carboxylic acids is 1. The molecule has 7 nitrogen and oxygen atoms in total. The summed E-state index contributed by atoms with van der Waals surface area (Å²) in [4.78, 5) is 25.0. The molecule has 3 rings (SSSR count). The Hall–Kier alpha value is -2.44. The van der Waals surface area contributed by atoms with Crippen LogP contribution in [-0.4, -0.2) is 50.0 Å². The van der Waals surface area contributed by atoms with Gasteiger partial charge in [-0.05, 0) is 25.0 Å². The molecule has 1 fully saturated rings. The van der Waals surface area contributed by atoms with Crippen LogP contribution in [0.4, 0.5) is 0 Å². The number of carboxylic acid groups (broad SMARTS) is 1. The Morgan fingerprint density at radius 1 is 1.33 bits per heavy atom. The van der Waals surface area contributed by atoms with Crippen molar-refractivity contribution in [2.45, 2.75) is 19.4 Å².